The number of rotatable bonds is 7. The van der Waals surface area contributed by atoms with Crippen molar-refractivity contribution in [2.75, 3.05) is 25.5 Å². The Labute approximate surface area is 142 Å². The monoisotopic (exact) mass is 332 g/mol. The number of aromatic amines is 1. The Hall–Kier alpha value is -2.21. The molecule has 1 heterocycles. The first-order valence-corrected chi connectivity index (χ1v) is 8.12. The van der Waals surface area contributed by atoms with Crippen molar-refractivity contribution >= 4 is 11.6 Å². The third-order valence-electron chi connectivity index (χ3n) is 4.06. The average molecular weight is 332 g/mol. The van der Waals surface area contributed by atoms with E-state index in [1.165, 1.54) is 11.6 Å². The van der Waals surface area contributed by atoms with Crippen LogP contribution < -0.4 is 5.32 Å². The molecule has 2 aromatic rings. The van der Waals surface area contributed by atoms with Gasteiger partial charge in [0.25, 0.3) is 0 Å². The van der Waals surface area contributed by atoms with Gasteiger partial charge in [-0.3, -0.25) is 14.8 Å². The molecule has 0 aliphatic heterocycles. The zero-order valence-corrected chi connectivity index (χ0v) is 14.7. The Kier molecular flexibility index (Phi) is 6.09. The molecule has 1 aromatic carbocycles. The van der Waals surface area contributed by atoms with E-state index < -0.39 is 5.82 Å². The molecule has 0 atom stereocenters. The summed E-state index contributed by atoms with van der Waals surface area (Å²) in [5, 5.41) is 9.80. The van der Waals surface area contributed by atoms with E-state index in [4.69, 9.17) is 0 Å². The Morgan fingerprint density at radius 2 is 2.08 bits per heavy atom. The van der Waals surface area contributed by atoms with E-state index in [1.807, 2.05) is 32.7 Å². The molecule has 0 spiro atoms. The van der Waals surface area contributed by atoms with Crippen LogP contribution in [0.3, 0.4) is 0 Å². The van der Waals surface area contributed by atoms with E-state index in [0.717, 1.165) is 36.3 Å². The zero-order valence-electron chi connectivity index (χ0n) is 14.7. The minimum atomic E-state index is -0.414. The lowest BCUT2D eigenvalue weighted by atomic mass is 10.1. The fourth-order valence-electron chi connectivity index (χ4n) is 2.72. The van der Waals surface area contributed by atoms with Crippen LogP contribution in [0, 0.1) is 26.6 Å². The quantitative estimate of drug-likeness (QED) is 0.819. The van der Waals surface area contributed by atoms with E-state index >= 15 is 0 Å². The number of aromatic nitrogens is 2. The summed E-state index contributed by atoms with van der Waals surface area (Å²) in [5.41, 5.74) is 4.52. The normalized spacial score (nSPS) is 11.1. The second-order valence-electron chi connectivity index (χ2n) is 6.29. The van der Waals surface area contributed by atoms with E-state index in [9.17, 15) is 9.18 Å². The smallest absolute Gasteiger partial charge is 0.238 e. The van der Waals surface area contributed by atoms with Crippen molar-refractivity contribution in [3.63, 3.8) is 0 Å². The van der Waals surface area contributed by atoms with Crippen LogP contribution in [0.15, 0.2) is 18.2 Å². The maximum absolute atomic E-state index is 13.7. The number of hydrogen-bond acceptors (Lipinski definition) is 3. The number of nitrogens with one attached hydrogen (secondary N) is 2. The van der Waals surface area contributed by atoms with Crippen molar-refractivity contribution in [3.8, 4) is 0 Å². The third-order valence-corrected chi connectivity index (χ3v) is 4.06. The van der Waals surface area contributed by atoms with Gasteiger partial charge in [0.05, 0.1) is 17.9 Å². The van der Waals surface area contributed by atoms with Gasteiger partial charge in [-0.2, -0.15) is 5.10 Å². The van der Waals surface area contributed by atoms with Crippen LogP contribution in [0.1, 0.15) is 28.9 Å². The molecule has 130 valence electrons. The molecular formula is C18H25FN4O. The van der Waals surface area contributed by atoms with E-state index in [1.54, 1.807) is 12.1 Å². The number of likely N-dealkylation sites (N-methyl/N-ethyl adjacent to an activating group) is 1. The molecule has 0 bridgehead atoms. The van der Waals surface area contributed by atoms with Gasteiger partial charge in [0, 0.05) is 5.69 Å². The van der Waals surface area contributed by atoms with Crippen molar-refractivity contribution in [2.45, 2.75) is 33.6 Å². The number of aryl methyl sites for hydroxylation is 3. The van der Waals surface area contributed by atoms with Crippen molar-refractivity contribution < 1.29 is 9.18 Å². The van der Waals surface area contributed by atoms with Gasteiger partial charge in [0.1, 0.15) is 5.82 Å². The maximum Gasteiger partial charge on any atom is 0.238 e. The number of benzene rings is 1. The van der Waals surface area contributed by atoms with Crippen LogP contribution in [-0.4, -0.2) is 41.1 Å². The van der Waals surface area contributed by atoms with Crippen molar-refractivity contribution in [1.82, 2.24) is 15.1 Å². The lowest BCUT2D eigenvalue weighted by Gasteiger charge is -2.16. The highest BCUT2D eigenvalue weighted by Gasteiger charge is 2.11. The molecule has 0 saturated carbocycles. The van der Waals surface area contributed by atoms with Gasteiger partial charge in [-0.1, -0.05) is 6.07 Å². The molecule has 0 saturated heterocycles. The minimum Gasteiger partial charge on any atom is -0.322 e. The SMILES string of the molecule is Cc1ccc(F)c(NC(=O)CN(C)CCCc2c(C)n[nH]c2C)c1. The van der Waals surface area contributed by atoms with Crippen LogP contribution in [0.4, 0.5) is 10.1 Å². The highest BCUT2D eigenvalue weighted by atomic mass is 19.1. The number of amides is 1. The summed E-state index contributed by atoms with van der Waals surface area (Å²) in [6.07, 6.45) is 1.86. The zero-order chi connectivity index (χ0) is 17.7. The molecule has 1 amide bonds. The Balaban J connectivity index is 1.78. The molecule has 6 heteroatoms. The Morgan fingerprint density at radius 3 is 2.75 bits per heavy atom. The third kappa shape index (κ3) is 4.89. The molecular weight excluding hydrogens is 307 g/mol. The fraction of sp³-hybridized carbons (Fsp3) is 0.444. The molecule has 0 aliphatic carbocycles. The lowest BCUT2D eigenvalue weighted by Crippen LogP contribution is -2.31. The summed E-state index contributed by atoms with van der Waals surface area (Å²) in [7, 11) is 1.89. The lowest BCUT2D eigenvalue weighted by molar-refractivity contribution is -0.117. The largest absolute Gasteiger partial charge is 0.322 e. The van der Waals surface area contributed by atoms with Crippen LogP contribution in [0.25, 0.3) is 0 Å². The summed E-state index contributed by atoms with van der Waals surface area (Å²) in [6.45, 7) is 6.89. The van der Waals surface area contributed by atoms with Crippen molar-refractivity contribution in [3.05, 3.63) is 46.5 Å². The Bertz CT molecular complexity index is 692. The fourth-order valence-corrected chi connectivity index (χ4v) is 2.72. The first kappa shape index (κ1) is 18.1. The number of carbonyl (C=O) groups excluding carboxylic acids is 1. The van der Waals surface area contributed by atoms with E-state index in [-0.39, 0.29) is 18.1 Å². The van der Waals surface area contributed by atoms with Crippen LogP contribution >= 0.6 is 0 Å². The van der Waals surface area contributed by atoms with Gasteiger partial charge >= 0.3 is 0 Å². The van der Waals surface area contributed by atoms with Gasteiger partial charge in [-0.15, -0.1) is 0 Å². The number of anilines is 1. The van der Waals surface area contributed by atoms with Crippen LogP contribution in [0.2, 0.25) is 0 Å². The van der Waals surface area contributed by atoms with E-state index in [0.29, 0.717) is 0 Å². The van der Waals surface area contributed by atoms with Crippen molar-refractivity contribution in [2.24, 2.45) is 0 Å². The second-order valence-corrected chi connectivity index (χ2v) is 6.29. The summed E-state index contributed by atoms with van der Waals surface area (Å²) in [5.74, 6) is -0.625. The number of halogens is 1. The maximum atomic E-state index is 13.7. The molecule has 1 aromatic heterocycles. The molecule has 0 fully saturated rings. The number of H-pyrrole nitrogens is 1. The highest BCUT2D eigenvalue weighted by Crippen LogP contribution is 2.15. The predicted octanol–water partition coefficient (Wildman–Crippen LogP) is 2.98. The molecule has 2 rings (SSSR count). The number of hydrogen-bond donors (Lipinski definition) is 2. The Morgan fingerprint density at radius 1 is 1.33 bits per heavy atom. The summed E-state index contributed by atoms with van der Waals surface area (Å²) in [6, 6.07) is 4.68. The first-order chi connectivity index (χ1) is 11.4. The van der Waals surface area contributed by atoms with E-state index in [2.05, 4.69) is 15.5 Å². The van der Waals surface area contributed by atoms with Crippen LogP contribution in [-0.2, 0) is 11.2 Å². The number of carbonyl (C=O) groups is 1. The second kappa shape index (κ2) is 8.06. The summed E-state index contributed by atoms with van der Waals surface area (Å²) >= 11 is 0. The molecule has 0 aliphatic rings. The molecule has 0 radical (unpaired) electrons. The van der Waals surface area contributed by atoms with Gasteiger partial charge in [-0.25, -0.2) is 4.39 Å². The summed E-state index contributed by atoms with van der Waals surface area (Å²) in [4.78, 5) is 14.0. The van der Waals surface area contributed by atoms with Gasteiger partial charge < -0.3 is 5.32 Å². The molecule has 2 N–H and O–H groups in total. The topological polar surface area (TPSA) is 61.0 Å². The van der Waals surface area contributed by atoms with Gasteiger partial charge in [0.2, 0.25) is 5.91 Å². The predicted molar refractivity (Wildman–Crippen MR) is 93.6 cm³/mol. The average Bonchev–Trinajstić information content (AvgIpc) is 2.82. The standard InChI is InChI=1S/C18H25FN4O/c1-12-7-8-16(19)17(10-12)20-18(24)11-23(4)9-5-6-15-13(2)21-22-14(15)3/h7-8,10H,5-6,9,11H2,1-4H3,(H,20,24)(H,21,22). The number of nitrogens with zero attached hydrogens (tertiary/aromatic N) is 2. The minimum absolute atomic E-state index is 0.210. The molecule has 0 unspecified atom stereocenters. The summed E-state index contributed by atoms with van der Waals surface area (Å²) < 4.78 is 13.7. The van der Waals surface area contributed by atoms with Crippen LogP contribution in [0.5, 0.6) is 0 Å². The van der Waals surface area contributed by atoms with Crippen molar-refractivity contribution in [1.29, 1.82) is 0 Å². The van der Waals surface area contributed by atoms with Gasteiger partial charge in [0.15, 0.2) is 0 Å². The first-order valence-electron chi connectivity index (χ1n) is 8.12. The van der Waals surface area contributed by atoms with Gasteiger partial charge in [-0.05, 0) is 70.5 Å². The molecule has 24 heavy (non-hydrogen) atoms. The molecule has 5 nitrogen and oxygen atoms in total. The highest BCUT2D eigenvalue weighted by molar-refractivity contribution is 5.92.